The highest BCUT2D eigenvalue weighted by atomic mass is 79.9. The van der Waals surface area contributed by atoms with Crippen molar-refractivity contribution in [2.45, 2.75) is 11.0 Å². The van der Waals surface area contributed by atoms with Gasteiger partial charge < -0.3 is 0 Å². The molecule has 0 saturated heterocycles. The van der Waals surface area contributed by atoms with Gasteiger partial charge in [0.05, 0.1) is 0 Å². The summed E-state index contributed by atoms with van der Waals surface area (Å²) in [5, 5.41) is 0.538. The number of hydrogen-bond donors (Lipinski definition) is 0. The van der Waals surface area contributed by atoms with Gasteiger partial charge in [-0.05, 0) is 17.7 Å². The van der Waals surface area contributed by atoms with Crippen molar-refractivity contribution in [3.05, 3.63) is 70.7 Å². The van der Waals surface area contributed by atoms with Gasteiger partial charge in [0.15, 0.2) is 5.78 Å². The first kappa shape index (κ1) is 14.2. The number of rotatable bonds is 4. The summed E-state index contributed by atoms with van der Waals surface area (Å²) in [7, 11) is 0. The summed E-state index contributed by atoms with van der Waals surface area (Å²) in [4.78, 5) is 11.2. The minimum atomic E-state index is -1.41. The molecule has 0 radical (unpaired) electrons. The fourth-order valence-corrected chi connectivity index (χ4v) is 2.41. The first-order chi connectivity index (χ1) is 9.09. The number of ketones is 1. The summed E-state index contributed by atoms with van der Waals surface area (Å²) < 4.78 is 14.3. The Labute approximate surface area is 124 Å². The van der Waals surface area contributed by atoms with Crippen molar-refractivity contribution in [2.24, 2.45) is 0 Å². The molecule has 1 nitrogen and oxygen atoms in total. The van der Waals surface area contributed by atoms with Crippen molar-refractivity contribution in [1.82, 2.24) is 0 Å². The SMILES string of the molecule is O=C(c1ccccc1)C(Br)C(F)c1ccc(Cl)cc1. The van der Waals surface area contributed by atoms with Crippen molar-refractivity contribution >= 4 is 33.3 Å². The van der Waals surface area contributed by atoms with E-state index in [1.807, 2.05) is 6.07 Å². The van der Waals surface area contributed by atoms with Gasteiger partial charge in [0, 0.05) is 10.6 Å². The van der Waals surface area contributed by atoms with E-state index in [2.05, 4.69) is 15.9 Å². The lowest BCUT2D eigenvalue weighted by Crippen LogP contribution is -2.20. The maximum atomic E-state index is 14.3. The molecule has 19 heavy (non-hydrogen) atoms. The Balaban J connectivity index is 2.17. The second-order valence-corrected chi connectivity index (χ2v) is 5.51. The van der Waals surface area contributed by atoms with Gasteiger partial charge in [-0.2, -0.15) is 0 Å². The molecule has 0 aliphatic heterocycles. The molecule has 2 unspecified atom stereocenters. The van der Waals surface area contributed by atoms with Gasteiger partial charge in [-0.15, -0.1) is 0 Å². The van der Waals surface area contributed by atoms with Crippen molar-refractivity contribution in [1.29, 1.82) is 0 Å². The average molecular weight is 342 g/mol. The monoisotopic (exact) mass is 340 g/mol. The van der Waals surface area contributed by atoms with E-state index in [4.69, 9.17) is 11.6 Å². The minimum absolute atomic E-state index is 0.275. The average Bonchev–Trinajstić information content (AvgIpc) is 2.46. The number of Topliss-reactive ketones (excluding diaryl/α,β-unsaturated/α-hetero) is 1. The number of carbonyl (C=O) groups excluding carboxylic acids is 1. The second kappa shape index (κ2) is 6.31. The third kappa shape index (κ3) is 3.43. The fraction of sp³-hybridized carbons (Fsp3) is 0.133. The molecule has 0 heterocycles. The van der Waals surface area contributed by atoms with Crippen LogP contribution in [-0.2, 0) is 0 Å². The predicted octanol–water partition coefficient (Wildman–Crippen LogP) is 5.00. The molecule has 0 N–H and O–H groups in total. The van der Waals surface area contributed by atoms with Crippen LogP contribution in [0.4, 0.5) is 4.39 Å². The van der Waals surface area contributed by atoms with Crippen molar-refractivity contribution < 1.29 is 9.18 Å². The normalized spacial score (nSPS) is 13.8. The first-order valence-corrected chi connectivity index (χ1v) is 7.02. The minimum Gasteiger partial charge on any atom is -0.293 e. The summed E-state index contributed by atoms with van der Waals surface area (Å²) >= 11 is 8.90. The van der Waals surface area contributed by atoms with E-state index in [9.17, 15) is 9.18 Å². The molecule has 0 aliphatic rings. The Hall–Kier alpha value is -1.19. The third-order valence-electron chi connectivity index (χ3n) is 2.75. The maximum absolute atomic E-state index is 14.3. The molecule has 0 aliphatic carbocycles. The molecule has 0 aromatic heterocycles. The van der Waals surface area contributed by atoms with Crippen LogP contribution in [0.15, 0.2) is 54.6 Å². The number of carbonyl (C=O) groups is 1. The molecule has 2 aromatic carbocycles. The van der Waals surface area contributed by atoms with Gasteiger partial charge in [-0.3, -0.25) is 4.79 Å². The molecule has 2 atom stereocenters. The Morgan fingerprint density at radius 3 is 2.21 bits per heavy atom. The molecule has 0 saturated carbocycles. The van der Waals surface area contributed by atoms with Crippen LogP contribution in [0.2, 0.25) is 5.02 Å². The first-order valence-electron chi connectivity index (χ1n) is 5.72. The Morgan fingerprint density at radius 2 is 1.63 bits per heavy atom. The molecule has 2 rings (SSSR count). The highest BCUT2D eigenvalue weighted by Gasteiger charge is 2.27. The van der Waals surface area contributed by atoms with E-state index < -0.39 is 11.0 Å². The van der Waals surface area contributed by atoms with Crippen LogP contribution in [0.3, 0.4) is 0 Å². The van der Waals surface area contributed by atoms with Gasteiger partial charge >= 0.3 is 0 Å². The zero-order valence-electron chi connectivity index (χ0n) is 9.89. The lowest BCUT2D eigenvalue weighted by atomic mass is 10.0. The van der Waals surface area contributed by atoms with Gasteiger partial charge in [0.1, 0.15) is 11.0 Å². The van der Waals surface area contributed by atoms with Crippen LogP contribution in [0, 0.1) is 0 Å². The molecule has 98 valence electrons. The second-order valence-electron chi connectivity index (χ2n) is 4.09. The van der Waals surface area contributed by atoms with E-state index >= 15 is 0 Å². The molecular weight excluding hydrogens is 331 g/mol. The van der Waals surface area contributed by atoms with Crippen LogP contribution in [0.25, 0.3) is 0 Å². The fourth-order valence-electron chi connectivity index (χ4n) is 1.71. The van der Waals surface area contributed by atoms with E-state index in [0.29, 0.717) is 16.1 Å². The van der Waals surface area contributed by atoms with Crippen molar-refractivity contribution in [3.8, 4) is 0 Å². The number of hydrogen-bond acceptors (Lipinski definition) is 1. The smallest absolute Gasteiger partial charge is 0.179 e. The largest absolute Gasteiger partial charge is 0.293 e. The van der Waals surface area contributed by atoms with Crippen molar-refractivity contribution in [2.75, 3.05) is 0 Å². The molecule has 0 spiro atoms. The highest BCUT2D eigenvalue weighted by Crippen LogP contribution is 2.29. The number of halogens is 3. The van der Waals surface area contributed by atoms with Gasteiger partial charge in [0.25, 0.3) is 0 Å². The third-order valence-corrected chi connectivity index (χ3v) is 3.89. The van der Waals surface area contributed by atoms with Crippen LogP contribution < -0.4 is 0 Å². The van der Waals surface area contributed by atoms with Gasteiger partial charge in [0.2, 0.25) is 0 Å². The zero-order chi connectivity index (χ0) is 13.8. The Bertz CT molecular complexity index is 556. The summed E-state index contributed by atoms with van der Waals surface area (Å²) in [5.74, 6) is -0.275. The standard InChI is InChI=1S/C15H11BrClFO/c16-13(15(19)11-4-2-1-3-5-11)14(18)10-6-8-12(17)9-7-10/h1-9,13-14H. The molecule has 0 fully saturated rings. The van der Waals surface area contributed by atoms with Crippen LogP contribution in [0.5, 0.6) is 0 Å². The predicted molar refractivity (Wildman–Crippen MR) is 78.8 cm³/mol. The lowest BCUT2D eigenvalue weighted by Gasteiger charge is -2.14. The Morgan fingerprint density at radius 1 is 1.05 bits per heavy atom. The van der Waals surface area contributed by atoms with E-state index in [1.54, 1.807) is 48.5 Å². The summed E-state index contributed by atoms with van der Waals surface area (Å²) in [5.41, 5.74) is 0.913. The van der Waals surface area contributed by atoms with Crippen LogP contribution in [0.1, 0.15) is 22.1 Å². The quantitative estimate of drug-likeness (QED) is 0.565. The van der Waals surface area contributed by atoms with E-state index in [0.717, 1.165) is 0 Å². The Kier molecular flexibility index (Phi) is 4.72. The van der Waals surface area contributed by atoms with Crippen LogP contribution >= 0.6 is 27.5 Å². The van der Waals surface area contributed by atoms with Gasteiger partial charge in [-0.25, -0.2) is 4.39 Å². The number of benzene rings is 2. The van der Waals surface area contributed by atoms with Gasteiger partial charge in [-0.1, -0.05) is 70.0 Å². The molecule has 4 heteroatoms. The number of alkyl halides is 2. The summed E-state index contributed by atoms with van der Waals surface area (Å²) in [6.45, 7) is 0. The van der Waals surface area contributed by atoms with Crippen LogP contribution in [-0.4, -0.2) is 10.6 Å². The zero-order valence-corrected chi connectivity index (χ0v) is 12.2. The maximum Gasteiger partial charge on any atom is 0.179 e. The topological polar surface area (TPSA) is 17.1 Å². The van der Waals surface area contributed by atoms with E-state index in [1.165, 1.54) is 0 Å². The molecule has 0 bridgehead atoms. The lowest BCUT2D eigenvalue weighted by molar-refractivity contribution is 0.0960. The summed E-state index contributed by atoms with van der Waals surface area (Å²) in [6, 6.07) is 15.0. The van der Waals surface area contributed by atoms with Crippen molar-refractivity contribution in [3.63, 3.8) is 0 Å². The molecular formula is C15H11BrClFO. The van der Waals surface area contributed by atoms with E-state index in [-0.39, 0.29) is 5.78 Å². The molecule has 0 amide bonds. The molecule has 2 aromatic rings. The summed E-state index contributed by atoms with van der Waals surface area (Å²) in [6.07, 6.45) is -1.41. The highest BCUT2D eigenvalue weighted by molar-refractivity contribution is 9.10.